The summed E-state index contributed by atoms with van der Waals surface area (Å²) in [5.41, 5.74) is 1.31. The number of aliphatic hydroxyl groups excluding tert-OH is 1. The minimum Gasteiger partial charge on any atom is -0.393 e. The summed E-state index contributed by atoms with van der Waals surface area (Å²) in [4.78, 5) is 12.2. The zero-order valence-corrected chi connectivity index (χ0v) is 11.5. The van der Waals surface area contributed by atoms with Gasteiger partial charge in [0.2, 0.25) is 0 Å². The summed E-state index contributed by atoms with van der Waals surface area (Å²) in [6.07, 6.45) is 4.36. The van der Waals surface area contributed by atoms with Crippen molar-refractivity contribution < 1.29 is 9.90 Å². The average molecular weight is 273 g/mol. The molecule has 0 spiro atoms. The van der Waals surface area contributed by atoms with Gasteiger partial charge in [0.25, 0.3) is 5.91 Å². The average Bonchev–Trinajstić information content (AvgIpc) is 3.01. The van der Waals surface area contributed by atoms with E-state index in [9.17, 15) is 9.90 Å². The lowest BCUT2D eigenvalue weighted by Gasteiger charge is -2.11. The van der Waals surface area contributed by atoms with Crippen molar-refractivity contribution in [1.82, 2.24) is 15.1 Å². The number of nitrogens with zero attached hydrogens (tertiary/aromatic N) is 2. The summed E-state index contributed by atoms with van der Waals surface area (Å²) < 4.78 is 1.66. The SMILES string of the molecule is CCC(O)CCNC(=O)c1ccccc1-n1cccn1. The summed E-state index contributed by atoms with van der Waals surface area (Å²) >= 11 is 0. The third-order valence-corrected chi connectivity index (χ3v) is 3.13. The Labute approximate surface area is 118 Å². The lowest BCUT2D eigenvalue weighted by molar-refractivity contribution is 0.0942. The second kappa shape index (κ2) is 6.86. The van der Waals surface area contributed by atoms with Crippen molar-refractivity contribution in [3.05, 3.63) is 48.3 Å². The minimum atomic E-state index is -0.364. The number of aromatic nitrogens is 2. The zero-order chi connectivity index (χ0) is 14.4. The smallest absolute Gasteiger partial charge is 0.253 e. The van der Waals surface area contributed by atoms with Crippen molar-refractivity contribution in [1.29, 1.82) is 0 Å². The van der Waals surface area contributed by atoms with E-state index in [1.165, 1.54) is 0 Å². The summed E-state index contributed by atoms with van der Waals surface area (Å²) in [5.74, 6) is -0.153. The number of rotatable bonds is 6. The Hall–Kier alpha value is -2.14. The Balaban J connectivity index is 2.07. The Bertz CT molecular complexity index is 552. The van der Waals surface area contributed by atoms with E-state index in [1.807, 2.05) is 31.2 Å². The summed E-state index contributed by atoms with van der Waals surface area (Å²) in [7, 11) is 0. The quantitative estimate of drug-likeness (QED) is 0.842. The molecule has 0 aliphatic carbocycles. The van der Waals surface area contributed by atoms with E-state index in [1.54, 1.807) is 23.1 Å². The van der Waals surface area contributed by atoms with Crippen LogP contribution in [0.15, 0.2) is 42.7 Å². The van der Waals surface area contributed by atoms with Gasteiger partial charge in [0, 0.05) is 18.9 Å². The number of para-hydroxylation sites is 1. The van der Waals surface area contributed by atoms with Crippen molar-refractivity contribution in [2.24, 2.45) is 0 Å². The number of hydrogen-bond donors (Lipinski definition) is 2. The maximum absolute atomic E-state index is 12.2. The molecule has 0 aliphatic rings. The largest absolute Gasteiger partial charge is 0.393 e. The van der Waals surface area contributed by atoms with Crippen LogP contribution in [0.3, 0.4) is 0 Å². The van der Waals surface area contributed by atoms with Gasteiger partial charge in [-0.15, -0.1) is 0 Å². The first-order valence-electron chi connectivity index (χ1n) is 6.77. The monoisotopic (exact) mass is 273 g/mol. The van der Waals surface area contributed by atoms with Gasteiger partial charge < -0.3 is 10.4 Å². The highest BCUT2D eigenvalue weighted by Gasteiger charge is 2.12. The lowest BCUT2D eigenvalue weighted by atomic mass is 10.1. The van der Waals surface area contributed by atoms with Crippen LogP contribution in [0.2, 0.25) is 0 Å². The molecular formula is C15H19N3O2. The van der Waals surface area contributed by atoms with Crippen LogP contribution in [0.1, 0.15) is 30.1 Å². The Kier molecular flexibility index (Phi) is 4.90. The first-order chi connectivity index (χ1) is 9.72. The molecule has 1 atom stereocenters. The number of carbonyl (C=O) groups is 1. The number of carbonyl (C=O) groups excluding carboxylic acids is 1. The fraction of sp³-hybridized carbons (Fsp3) is 0.333. The normalized spacial score (nSPS) is 12.1. The van der Waals surface area contributed by atoms with E-state index in [0.717, 1.165) is 5.69 Å². The summed E-state index contributed by atoms with van der Waals surface area (Å²) in [6.45, 7) is 2.38. The van der Waals surface area contributed by atoms with Crippen molar-refractivity contribution in [3.63, 3.8) is 0 Å². The van der Waals surface area contributed by atoms with Crippen molar-refractivity contribution >= 4 is 5.91 Å². The van der Waals surface area contributed by atoms with Crippen molar-refractivity contribution in [3.8, 4) is 5.69 Å². The highest BCUT2D eigenvalue weighted by Crippen LogP contribution is 2.13. The fourth-order valence-electron chi connectivity index (χ4n) is 1.93. The van der Waals surface area contributed by atoms with Crippen LogP contribution < -0.4 is 5.32 Å². The van der Waals surface area contributed by atoms with Crippen LogP contribution in [-0.2, 0) is 0 Å². The van der Waals surface area contributed by atoms with Crippen LogP contribution in [0.5, 0.6) is 0 Å². The number of benzene rings is 1. The van der Waals surface area contributed by atoms with Gasteiger partial charge >= 0.3 is 0 Å². The van der Waals surface area contributed by atoms with E-state index in [0.29, 0.717) is 24.9 Å². The van der Waals surface area contributed by atoms with Gasteiger partial charge in [-0.2, -0.15) is 5.10 Å². The maximum atomic E-state index is 12.2. The lowest BCUT2D eigenvalue weighted by Crippen LogP contribution is -2.28. The third-order valence-electron chi connectivity index (χ3n) is 3.13. The van der Waals surface area contributed by atoms with Crippen LogP contribution in [0.25, 0.3) is 5.69 Å². The number of nitrogens with one attached hydrogen (secondary N) is 1. The molecule has 2 rings (SSSR count). The molecule has 0 saturated carbocycles. The highest BCUT2D eigenvalue weighted by atomic mass is 16.3. The molecule has 0 radical (unpaired) electrons. The Morgan fingerprint density at radius 1 is 1.40 bits per heavy atom. The van der Waals surface area contributed by atoms with Gasteiger partial charge in [-0.1, -0.05) is 19.1 Å². The summed E-state index contributed by atoms with van der Waals surface area (Å²) in [6, 6.07) is 9.12. The van der Waals surface area contributed by atoms with Gasteiger partial charge in [0.15, 0.2) is 0 Å². The molecule has 2 aromatic rings. The molecule has 0 fully saturated rings. The first-order valence-corrected chi connectivity index (χ1v) is 6.77. The number of amides is 1. The molecule has 2 N–H and O–H groups in total. The van der Waals surface area contributed by atoms with Crippen LogP contribution in [0, 0.1) is 0 Å². The van der Waals surface area contributed by atoms with E-state index in [-0.39, 0.29) is 12.0 Å². The highest BCUT2D eigenvalue weighted by molar-refractivity contribution is 5.97. The standard InChI is InChI=1S/C15H19N3O2/c1-2-12(19)8-10-16-15(20)13-6-3-4-7-14(13)18-11-5-9-17-18/h3-7,9,11-12,19H,2,8,10H2,1H3,(H,16,20). The van der Waals surface area contributed by atoms with Crippen LogP contribution in [0.4, 0.5) is 0 Å². The molecule has 0 aliphatic heterocycles. The van der Waals surface area contributed by atoms with Gasteiger partial charge in [-0.3, -0.25) is 4.79 Å². The van der Waals surface area contributed by atoms with Gasteiger partial charge in [0.1, 0.15) is 0 Å². The van der Waals surface area contributed by atoms with E-state index < -0.39 is 0 Å². The maximum Gasteiger partial charge on any atom is 0.253 e. The molecular weight excluding hydrogens is 254 g/mol. The van der Waals surface area contributed by atoms with Crippen molar-refractivity contribution in [2.75, 3.05) is 6.54 Å². The third kappa shape index (κ3) is 3.45. The predicted octanol–water partition coefficient (Wildman–Crippen LogP) is 1.76. The van der Waals surface area contributed by atoms with Crippen LogP contribution >= 0.6 is 0 Å². The molecule has 1 aromatic carbocycles. The zero-order valence-electron chi connectivity index (χ0n) is 11.5. The second-order valence-corrected chi connectivity index (χ2v) is 4.57. The Morgan fingerprint density at radius 2 is 2.20 bits per heavy atom. The molecule has 0 bridgehead atoms. The topological polar surface area (TPSA) is 67.2 Å². The van der Waals surface area contributed by atoms with Crippen LogP contribution in [-0.4, -0.2) is 33.4 Å². The predicted molar refractivity (Wildman–Crippen MR) is 76.8 cm³/mol. The Morgan fingerprint density at radius 3 is 2.90 bits per heavy atom. The molecule has 20 heavy (non-hydrogen) atoms. The number of hydrogen-bond acceptors (Lipinski definition) is 3. The first kappa shape index (κ1) is 14.3. The molecule has 1 amide bonds. The molecule has 1 unspecified atom stereocenters. The second-order valence-electron chi connectivity index (χ2n) is 4.57. The molecule has 0 saturated heterocycles. The minimum absolute atomic E-state index is 0.153. The van der Waals surface area contributed by atoms with E-state index in [4.69, 9.17) is 0 Å². The van der Waals surface area contributed by atoms with Gasteiger partial charge in [0.05, 0.1) is 17.4 Å². The molecule has 5 nitrogen and oxygen atoms in total. The van der Waals surface area contributed by atoms with E-state index in [2.05, 4.69) is 10.4 Å². The fourth-order valence-corrected chi connectivity index (χ4v) is 1.93. The van der Waals surface area contributed by atoms with Crippen molar-refractivity contribution in [2.45, 2.75) is 25.9 Å². The molecule has 106 valence electrons. The van der Waals surface area contributed by atoms with E-state index >= 15 is 0 Å². The summed E-state index contributed by atoms with van der Waals surface area (Å²) in [5, 5.41) is 16.5. The molecule has 5 heteroatoms. The van der Waals surface area contributed by atoms with Gasteiger partial charge in [-0.25, -0.2) is 4.68 Å². The molecule has 1 heterocycles. The molecule has 1 aromatic heterocycles. The van der Waals surface area contributed by atoms with Gasteiger partial charge in [-0.05, 0) is 31.0 Å². The number of aliphatic hydroxyl groups is 1.